The van der Waals surface area contributed by atoms with Crippen LogP contribution >= 0.6 is 0 Å². The first-order chi connectivity index (χ1) is 22.7. The first-order valence-electron chi connectivity index (χ1n) is 15.6. The molecule has 2 aromatic heterocycles. The number of hydrogen-bond donors (Lipinski definition) is 2. The van der Waals surface area contributed by atoms with Crippen molar-refractivity contribution in [2.45, 2.75) is 0 Å². The van der Waals surface area contributed by atoms with Gasteiger partial charge in [0.15, 0.2) is 0 Å². The van der Waals surface area contributed by atoms with Gasteiger partial charge in [0.1, 0.15) is 0 Å². The number of hydrogen-bond acceptors (Lipinski definition) is 3. The van der Waals surface area contributed by atoms with Crippen LogP contribution < -0.4 is 11.5 Å². The molecule has 8 rings (SSSR count). The molecule has 0 spiro atoms. The summed E-state index contributed by atoms with van der Waals surface area (Å²) in [6, 6.07) is 52.7. The van der Waals surface area contributed by atoms with E-state index in [2.05, 4.69) is 120 Å². The van der Waals surface area contributed by atoms with Gasteiger partial charge in [0, 0.05) is 45.1 Å². The van der Waals surface area contributed by atoms with Crippen LogP contribution in [0.2, 0.25) is 0 Å². The molecule has 2 heterocycles. The predicted molar refractivity (Wildman–Crippen MR) is 195 cm³/mol. The van der Waals surface area contributed by atoms with Gasteiger partial charge in [-0.2, -0.15) is 0 Å². The number of fused-ring (bicyclic) bond motifs is 8. The molecule has 4 nitrogen and oxygen atoms in total. The maximum Gasteiger partial charge on any atom is 0.0787 e. The number of nitrogens with two attached hydrogens (primary N) is 2. The summed E-state index contributed by atoms with van der Waals surface area (Å²) in [5, 5.41) is 4.69. The zero-order valence-corrected chi connectivity index (χ0v) is 25.3. The standard InChI is InChI=1S/C42H32N4/c43-26-25-37(28-13-3-1-4-14-28)45-42(29-15-5-2-6-16-29)35-21-10-8-18-31(35)34-23-24-39-36(41(34)44)27-40-33-20-9-7-17-30(33)32-19-11-12-22-38(32)46(39)40/h1-25,27H,26,43-44H2/b37-25-,45-42?. The fourth-order valence-corrected chi connectivity index (χ4v) is 6.70. The van der Waals surface area contributed by atoms with Crippen LogP contribution in [-0.4, -0.2) is 16.7 Å². The molecule has 46 heavy (non-hydrogen) atoms. The lowest BCUT2D eigenvalue weighted by molar-refractivity contribution is 1.24. The summed E-state index contributed by atoms with van der Waals surface area (Å²) in [7, 11) is 0. The topological polar surface area (TPSA) is 68.8 Å². The Balaban J connectivity index is 1.38. The Morgan fingerprint density at radius 1 is 0.543 bits per heavy atom. The molecule has 0 aliphatic carbocycles. The average Bonchev–Trinajstić information content (AvgIpc) is 3.52. The molecule has 0 unspecified atom stereocenters. The maximum absolute atomic E-state index is 7.17. The van der Waals surface area contributed by atoms with Crippen LogP contribution in [0.4, 0.5) is 5.69 Å². The Bertz CT molecular complexity index is 2450. The normalized spacial score (nSPS) is 12.5. The first kappa shape index (κ1) is 27.6. The molecule has 220 valence electrons. The van der Waals surface area contributed by atoms with Crippen molar-refractivity contribution in [3.8, 4) is 11.1 Å². The molecular weight excluding hydrogens is 560 g/mol. The van der Waals surface area contributed by atoms with Gasteiger partial charge in [-0.15, -0.1) is 0 Å². The molecule has 8 aromatic rings. The Labute approximate surface area is 267 Å². The zero-order chi connectivity index (χ0) is 31.0. The Kier molecular flexibility index (Phi) is 6.90. The molecule has 0 saturated heterocycles. The minimum atomic E-state index is 0.382. The Morgan fingerprint density at radius 3 is 1.87 bits per heavy atom. The van der Waals surface area contributed by atoms with Crippen LogP contribution in [0.15, 0.2) is 163 Å². The van der Waals surface area contributed by atoms with Crippen LogP contribution in [0, 0.1) is 0 Å². The van der Waals surface area contributed by atoms with Gasteiger partial charge in [0.2, 0.25) is 0 Å². The highest BCUT2D eigenvalue weighted by atomic mass is 14.9. The fourth-order valence-electron chi connectivity index (χ4n) is 6.70. The van der Waals surface area contributed by atoms with Crippen molar-refractivity contribution in [3.05, 3.63) is 174 Å². The largest absolute Gasteiger partial charge is 0.398 e. The molecule has 0 fully saturated rings. The molecule has 0 amide bonds. The van der Waals surface area contributed by atoms with Crippen molar-refractivity contribution >= 4 is 55.2 Å². The van der Waals surface area contributed by atoms with Crippen molar-refractivity contribution in [2.75, 3.05) is 12.3 Å². The van der Waals surface area contributed by atoms with Gasteiger partial charge in [-0.05, 0) is 40.8 Å². The lowest BCUT2D eigenvalue weighted by Crippen LogP contribution is -2.07. The number of aromatic nitrogens is 1. The predicted octanol–water partition coefficient (Wildman–Crippen LogP) is 9.49. The SMILES string of the molecule is NC/C=C(\N=C(c1ccccc1)c1ccccc1-c1ccc2c(cc3c4ccccc4c4ccccc4n23)c1N)c1ccccc1. The fraction of sp³-hybridized carbons (Fsp3) is 0.0238. The summed E-state index contributed by atoms with van der Waals surface area (Å²) in [5.41, 5.74) is 24.1. The van der Waals surface area contributed by atoms with E-state index in [1.54, 1.807) is 0 Å². The smallest absolute Gasteiger partial charge is 0.0787 e. The van der Waals surface area contributed by atoms with E-state index < -0.39 is 0 Å². The third-order valence-corrected chi connectivity index (χ3v) is 8.80. The molecule has 4 heteroatoms. The monoisotopic (exact) mass is 592 g/mol. The van der Waals surface area contributed by atoms with Crippen molar-refractivity contribution in [1.82, 2.24) is 4.40 Å². The van der Waals surface area contributed by atoms with Crippen LogP contribution in [0.1, 0.15) is 16.7 Å². The van der Waals surface area contributed by atoms with E-state index in [9.17, 15) is 0 Å². The van der Waals surface area contributed by atoms with Crippen molar-refractivity contribution in [2.24, 2.45) is 10.7 Å². The van der Waals surface area contributed by atoms with Crippen molar-refractivity contribution in [1.29, 1.82) is 0 Å². The van der Waals surface area contributed by atoms with Crippen LogP contribution in [0.3, 0.4) is 0 Å². The van der Waals surface area contributed by atoms with Gasteiger partial charge in [-0.3, -0.25) is 0 Å². The highest BCUT2D eigenvalue weighted by Crippen LogP contribution is 2.40. The minimum absolute atomic E-state index is 0.382. The number of anilines is 1. The molecular formula is C42H32N4. The molecule has 0 bridgehead atoms. The summed E-state index contributed by atoms with van der Waals surface area (Å²) < 4.78 is 2.35. The molecule has 0 radical (unpaired) electrons. The van der Waals surface area contributed by atoms with Crippen LogP contribution in [0.25, 0.3) is 54.9 Å². The lowest BCUT2D eigenvalue weighted by Gasteiger charge is -2.16. The number of nitrogen functional groups attached to an aromatic ring is 1. The lowest BCUT2D eigenvalue weighted by atomic mass is 9.91. The second-order valence-corrected chi connectivity index (χ2v) is 11.5. The highest BCUT2D eigenvalue weighted by molar-refractivity contribution is 6.20. The molecule has 6 aromatic carbocycles. The number of aliphatic imine (C=N–C) groups is 1. The van der Waals surface area contributed by atoms with Gasteiger partial charge >= 0.3 is 0 Å². The van der Waals surface area contributed by atoms with Crippen LogP contribution in [0.5, 0.6) is 0 Å². The van der Waals surface area contributed by atoms with E-state index in [1.165, 1.54) is 16.2 Å². The van der Waals surface area contributed by atoms with Gasteiger partial charge in [0.05, 0.1) is 28.0 Å². The molecule has 4 N–H and O–H groups in total. The van der Waals surface area contributed by atoms with Crippen LogP contribution in [-0.2, 0) is 0 Å². The Hall–Kier alpha value is -5.97. The maximum atomic E-state index is 7.17. The van der Waals surface area contributed by atoms with Gasteiger partial charge in [-0.1, -0.05) is 133 Å². The van der Waals surface area contributed by atoms with E-state index in [1.807, 2.05) is 42.5 Å². The number of para-hydroxylation sites is 1. The molecule has 0 saturated carbocycles. The molecule has 0 aliphatic heterocycles. The summed E-state index contributed by atoms with van der Waals surface area (Å²) in [6.07, 6.45) is 1.97. The van der Waals surface area contributed by atoms with Gasteiger partial charge < -0.3 is 15.9 Å². The Morgan fingerprint density at radius 2 is 1.13 bits per heavy atom. The van der Waals surface area contributed by atoms with Crippen molar-refractivity contribution < 1.29 is 0 Å². The van der Waals surface area contributed by atoms with Gasteiger partial charge in [0.25, 0.3) is 0 Å². The third kappa shape index (κ3) is 4.55. The number of nitrogens with zero attached hydrogens (tertiary/aromatic N) is 2. The highest BCUT2D eigenvalue weighted by Gasteiger charge is 2.19. The van der Waals surface area contributed by atoms with E-state index in [0.29, 0.717) is 6.54 Å². The van der Waals surface area contributed by atoms with E-state index in [0.717, 1.165) is 66.8 Å². The quantitative estimate of drug-likeness (QED) is 0.115. The number of pyridine rings is 1. The second-order valence-electron chi connectivity index (χ2n) is 11.5. The zero-order valence-electron chi connectivity index (χ0n) is 25.3. The van der Waals surface area contributed by atoms with E-state index >= 15 is 0 Å². The van der Waals surface area contributed by atoms with Gasteiger partial charge in [-0.25, -0.2) is 4.99 Å². The number of benzene rings is 6. The van der Waals surface area contributed by atoms with E-state index in [-0.39, 0.29) is 0 Å². The summed E-state index contributed by atoms with van der Waals surface area (Å²) >= 11 is 0. The molecule has 0 aliphatic rings. The third-order valence-electron chi connectivity index (χ3n) is 8.80. The van der Waals surface area contributed by atoms with E-state index in [4.69, 9.17) is 16.5 Å². The summed E-state index contributed by atoms with van der Waals surface area (Å²) in [6.45, 7) is 0.382. The summed E-state index contributed by atoms with van der Waals surface area (Å²) in [4.78, 5) is 5.31. The average molecular weight is 593 g/mol. The minimum Gasteiger partial charge on any atom is -0.398 e. The molecule has 0 atom stereocenters. The second kappa shape index (κ2) is 11.5. The number of rotatable bonds is 6. The first-order valence-corrected chi connectivity index (χ1v) is 15.6. The van der Waals surface area contributed by atoms with Crippen molar-refractivity contribution in [3.63, 3.8) is 0 Å². The summed E-state index contributed by atoms with van der Waals surface area (Å²) in [5.74, 6) is 0.